The van der Waals surface area contributed by atoms with Gasteiger partial charge in [-0.1, -0.05) is 53.5 Å². The van der Waals surface area contributed by atoms with Gasteiger partial charge in [-0.05, 0) is 54.4 Å². The first-order valence-corrected chi connectivity index (χ1v) is 11.5. The van der Waals surface area contributed by atoms with Gasteiger partial charge in [0.1, 0.15) is 11.8 Å². The number of sulfonamides is 1. The molecule has 0 aliphatic carbocycles. The van der Waals surface area contributed by atoms with Crippen LogP contribution in [0.1, 0.15) is 5.56 Å². The van der Waals surface area contributed by atoms with Crippen LogP contribution in [-0.4, -0.2) is 27.5 Å². The van der Waals surface area contributed by atoms with Crippen LogP contribution in [0.4, 0.5) is 5.69 Å². The van der Waals surface area contributed by atoms with E-state index >= 15 is 0 Å². The summed E-state index contributed by atoms with van der Waals surface area (Å²) in [7, 11) is -2.49. The van der Waals surface area contributed by atoms with Crippen LogP contribution in [0.2, 0.25) is 10.0 Å². The molecule has 6 nitrogen and oxygen atoms in total. The van der Waals surface area contributed by atoms with E-state index < -0.39 is 22.0 Å². The van der Waals surface area contributed by atoms with Crippen LogP contribution in [0.25, 0.3) is 0 Å². The highest BCUT2D eigenvalue weighted by Gasteiger charge is 2.26. The molecule has 0 aliphatic heterocycles. The summed E-state index contributed by atoms with van der Waals surface area (Å²) in [6.07, 6.45) is 0.149. The second kappa shape index (κ2) is 10.2. The molecule has 3 aromatic carbocycles. The van der Waals surface area contributed by atoms with Gasteiger partial charge in [0.2, 0.25) is 15.9 Å². The van der Waals surface area contributed by atoms with Crippen molar-refractivity contribution in [2.45, 2.75) is 17.4 Å². The zero-order chi connectivity index (χ0) is 22.4. The third-order valence-corrected chi connectivity index (χ3v) is 6.32. The minimum absolute atomic E-state index is 0.0185. The average molecular weight is 479 g/mol. The smallest absolute Gasteiger partial charge is 0.242 e. The molecule has 2 N–H and O–H groups in total. The van der Waals surface area contributed by atoms with Crippen molar-refractivity contribution < 1.29 is 17.9 Å². The Bertz CT molecular complexity index is 1130. The SMILES string of the molecule is COc1ccc(S(=O)(=O)NC(Cc2ccccc2)C(=O)Nc2cc(Cl)cc(Cl)c2)cc1. The summed E-state index contributed by atoms with van der Waals surface area (Å²) in [5.41, 5.74) is 1.16. The maximum atomic E-state index is 13.0. The van der Waals surface area contributed by atoms with Crippen molar-refractivity contribution in [2.75, 3.05) is 12.4 Å². The number of carbonyl (C=O) groups is 1. The Morgan fingerprint density at radius 2 is 1.58 bits per heavy atom. The first kappa shape index (κ1) is 23.1. The Balaban J connectivity index is 1.86. The number of rotatable bonds is 8. The Morgan fingerprint density at radius 3 is 2.16 bits per heavy atom. The molecule has 1 atom stereocenters. The zero-order valence-corrected chi connectivity index (χ0v) is 18.8. The Hall–Kier alpha value is -2.58. The highest BCUT2D eigenvalue weighted by molar-refractivity contribution is 7.89. The number of hydrogen-bond donors (Lipinski definition) is 2. The summed E-state index contributed by atoms with van der Waals surface area (Å²) in [5, 5.41) is 3.38. The van der Waals surface area contributed by atoms with Gasteiger partial charge in [0, 0.05) is 15.7 Å². The molecule has 3 rings (SSSR count). The summed E-state index contributed by atoms with van der Waals surface area (Å²) in [5.74, 6) is -0.0189. The van der Waals surface area contributed by atoms with Gasteiger partial charge in [-0.3, -0.25) is 4.79 Å². The van der Waals surface area contributed by atoms with E-state index in [0.717, 1.165) is 5.56 Å². The molecule has 0 bridgehead atoms. The van der Waals surface area contributed by atoms with E-state index in [1.165, 1.54) is 49.6 Å². The van der Waals surface area contributed by atoms with Gasteiger partial charge in [0.25, 0.3) is 0 Å². The van der Waals surface area contributed by atoms with E-state index in [-0.39, 0.29) is 11.3 Å². The van der Waals surface area contributed by atoms with E-state index in [1.807, 2.05) is 30.3 Å². The lowest BCUT2D eigenvalue weighted by Crippen LogP contribution is -2.45. The molecule has 0 heterocycles. The van der Waals surface area contributed by atoms with Crippen molar-refractivity contribution >= 4 is 44.8 Å². The third-order valence-electron chi connectivity index (χ3n) is 4.40. The van der Waals surface area contributed by atoms with Crippen molar-refractivity contribution in [3.05, 3.63) is 88.4 Å². The fourth-order valence-electron chi connectivity index (χ4n) is 2.90. The molecule has 0 aliphatic rings. The van der Waals surface area contributed by atoms with Crippen LogP contribution in [0.15, 0.2) is 77.7 Å². The first-order chi connectivity index (χ1) is 14.8. The first-order valence-electron chi connectivity index (χ1n) is 9.24. The maximum absolute atomic E-state index is 13.0. The molecule has 0 radical (unpaired) electrons. The minimum atomic E-state index is -3.98. The van der Waals surface area contributed by atoms with Gasteiger partial charge in [0.15, 0.2) is 0 Å². The number of nitrogens with one attached hydrogen (secondary N) is 2. The van der Waals surface area contributed by atoms with Crippen LogP contribution in [0.3, 0.4) is 0 Å². The van der Waals surface area contributed by atoms with Crippen molar-refractivity contribution in [3.63, 3.8) is 0 Å². The van der Waals surface area contributed by atoms with Gasteiger partial charge in [-0.15, -0.1) is 0 Å². The van der Waals surface area contributed by atoms with Crippen LogP contribution in [0, 0.1) is 0 Å². The molecule has 3 aromatic rings. The van der Waals surface area contributed by atoms with Gasteiger partial charge >= 0.3 is 0 Å². The topological polar surface area (TPSA) is 84.5 Å². The minimum Gasteiger partial charge on any atom is -0.497 e. The van der Waals surface area contributed by atoms with E-state index in [2.05, 4.69) is 10.0 Å². The molecule has 31 heavy (non-hydrogen) atoms. The largest absolute Gasteiger partial charge is 0.497 e. The standard InChI is InChI=1S/C22H20Cl2N2O4S/c1-30-19-7-9-20(10-8-19)31(28,29)26-21(11-15-5-3-2-4-6-15)22(27)25-18-13-16(23)12-17(24)14-18/h2-10,12-14,21,26H,11H2,1H3,(H,25,27). The van der Waals surface area contributed by atoms with Crippen LogP contribution in [0.5, 0.6) is 5.75 Å². The Kier molecular flexibility index (Phi) is 7.56. The molecule has 0 saturated heterocycles. The summed E-state index contributed by atoms with van der Waals surface area (Å²) in [6, 6.07) is 18.5. The molecule has 1 amide bonds. The lowest BCUT2D eigenvalue weighted by molar-refractivity contribution is -0.117. The molecule has 0 aromatic heterocycles. The second-order valence-corrected chi connectivity index (χ2v) is 9.27. The molecular formula is C22H20Cl2N2O4S. The second-order valence-electron chi connectivity index (χ2n) is 6.69. The summed E-state index contributed by atoms with van der Waals surface area (Å²) >= 11 is 12.0. The lowest BCUT2D eigenvalue weighted by atomic mass is 10.1. The van der Waals surface area contributed by atoms with Gasteiger partial charge < -0.3 is 10.1 Å². The van der Waals surface area contributed by atoms with E-state index in [9.17, 15) is 13.2 Å². The summed E-state index contributed by atoms with van der Waals surface area (Å²) < 4.78 is 33.4. The fraction of sp³-hybridized carbons (Fsp3) is 0.136. The number of carbonyl (C=O) groups excluding carboxylic acids is 1. The molecule has 0 fully saturated rings. The van der Waals surface area contributed by atoms with Crippen LogP contribution >= 0.6 is 23.2 Å². The molecule has 0 spiro atoms. The number of halogens is 2. The summed E-state index contributed by atoms with van der Waals surface area (Å²) in [4.78, 5) is 13.0. The van der Waals surface area contributed by atoms with Crippen molar-refractivity contribution in [1.29, 1.82) is 0 Å². The molecule has 162 valence electrons. The van der Waals surface area contributed by atoms with E-state index in [1.54, 1.807) is 0 Å². The molecular weight excluding hydrogens is 459 g/mol. The van der Waals surface area contributed by atoms with Crippen molar-refractivity contribution in [2.24, 2.45) is 0 Å². The van der Waals surface area contributed by atoms with Gasteiger partial charge in [-0.25, -0.2) is 8.42 Å². The van der Waals surface area contributed by atoms with Crippen molar-refractivity contribution in [3.8, 4) is 5.75 Å². The predicted octanol–water partition coefficient (Wildman–Crippen LogP) is 4.53. The third kappa shape index (κ3) is 6.45. The molecule has 1 unspecified atom stereocenters. The lowest BCUT2D eigenvalue weighted by Gasteiger charge is -2.19. The van der Waals surface area contributed by atoms with Gasteiger partial charge in [-0.2, -0.15) is 4.72 Å². The number of amides is 1. The van der Waals surface area contributed by atoms with E-state index in [4.69, 9.17) is 27.9 Å². The predicted molar refractivity (Wildman–Crippen MR) is 122 cm³/mol. The number of methoxy groups -OCH3 is 1. The number of benzene rings is 3. The highest BCUT2D eigenvalue weighted by atomic mass is 35.5. The normalized spacial score (nSPS) is 12.2. The molecule has 9 heteroatoms. The Labute approximate surface area is 191 Å². The number of hydrogen-bond acceptors (Lipinski definition) is 4. The van der Waals surface area contributed by atoms with Crippen molar-refractivity contribution in [1.82, 2.24) is 4.72 Å². The maximum Gasteiger partial charge on any atom is 0.242 e. The van der Waals surface area contributed by atoms with Crippen LogP contribution < -0.4 is 14.8 Å². The average Bonchev–Trinajstić information content (AvgIpc) is 2.73. The van der Waals surface area contributed by atoms with E-state index in [0.29, 0.717) is 21.5 Å². The summed E-state index contributed by atoms with van der Waals surface area (Å²) in [6.45, 7) is 0. The molecule has 0 saturated carbocycles. The number of anilines is 1. The van der Waals surface area contributed by atoms with Crippen LogP contribution in [-0.2, 0) is 21.2 Å². The monoisotopic (exact) mass is 478 g/mol. The highest BCUT2D eigenvalue weighted by Crippen LogP contribution is 2.23. The Morgan fingerprint density at radius 1 is 0.968 bits per heavy atom. The quantitative estimate of drug-likeness (QED) is 0.497. The fourth-order valence-corrected chi connectivity index (χ4v) is 4.62. The zero-order valence-electron chi connectivity index (χ0n) is 16.5. The van der Waals surface area contributed by atoms with Gasteiger partial charge in [0.05, 0.1) is 12.0 Å². The number of ether oxygens (including phenoxy) is 1.